The summed E-state index contributed by atoms with van der Waals surface area (Å²) in [4.78, 5) is 38.0. The summed E-state index contributed by atoms with van der Waals surface area (Å²) in [6.07, 6.45) is 0.176. The number of methoxy groups -OCH3 is 2. The fourth-order valence-electron chi connectivity index (χ4n) is 6.01. The van der Waals surface area contributed by atoms with Crippen molar-refractivity contribution in [3.05, 3.63) is 152 Å². The molecule has 2 heterocycles. The predicted molar refractivity (Wildman–Crippen MR) is 220 cm³/mol. The smallest absolute Gasteiger partial charge is 0.252 e. The van der Waals surface area contributed by atoms with Gasteiger partial charge in [-0.1, -0.05) is 88.3 Å². The number of nitrogens with zero attached hydrogens (tertiary/aromatic N) is 4. The van der Waals surface area contributed by atoms with Gasteiger partial charge < -0.3 is 19.3 Å². The number of benzodiazepines with no additional fused rings is 2. The van der Waals surface area contributed by atoms with E-state index in [4.69, 9.17) is 67.5 Å². The zero-order valence-electron chi connectivity index (χ0n) is 29.4. The van der Waals surface area contributed by atoms with Crippen LogP contribution in [0.5, 0.6) is 11.5 Å². The van der Waals surface area contributed by atoms with Gasteiger partial charge in [-0.3, -0.25) is 19.6 Å². The second-order valence-electron chi connectivity index (χ2n) is 12.4. The highest BCUT2D eigenvalue weighted by Crippen LogP contribution is 2.34. The van der Waals surface area contributed by atoms with Crippen molar-refractivity contribution >= 4 is 91.5 Å². The van der Waals surface area contributed by atoms with Crippen molar-refractivity contribution in [2.24, 2.45) is 9.98 Å². The van der Waals surface area contributed by atoms with Crippen molar-refractivity contribution < 1.29 is 23.5 Å². The first-order valence-corrected chi connectivity index (χ1v) is 18.7. The molecule has 282 valence electrons. The van der Waals surface area contributed by atoms with Crippen molar-refractivity contribution in [3.8, 4) is 11.5 Å². The van der Waals surface area contributed by atoms with Gasteiger partial charge in [-0.05, 0) is 89.5 Å². The van der Waals surface area contributed by atoms with Crippen LogP contribution in [0.25, 0.3) is 0 Å². The van der Waals surface area contributed by atoms with Crippen LogP contribution in [-0.2, 0) is 29.1 Å². The number of hydrogen-bond donors (Lipinski definition) is 0. The van der Waals surface area contributed by atoms with Gasteiger partial charge in [-0.25, -0.2) is 4.39 Å². The second-order valence-corrected chi connectivity index (χ2v) is 14.4. The van der Waals surface area contributed by atoms with Crippen LogP contribution >= 0.6 is 58.0 Å². The van der Waals surface area contributed by atoms with Crippen LogP contribution in [0, 0.1) is 5.82 Å². The maximum Gasteiger partial charge on any atom is 0.252 e. The maximum atomic E-state index is 13.6. The molecule has 14 heteroatoms. The molecule has 7 rings (SSSR count). The van der Waals surface area contributed by atoms with Crippen LogP contribution in [0.15, 0.2) is 113 Å². The quantitative estimate of drug-likeness (QED) is 0.156. The number of amides is 2. The zero-order chi connectivity index (χ0) is 39.2. The number of anilines is 2. The third-order valence-electron chi connectivity index (χ3n) is 8.85. The predicted octanol–water partition coefficient (Wildman–Crippen LogP) is 10.2. The lowest BCUT2D eigenvalue weighted by Gasteiger charge is -2.25. The number of fused-ring (bicyclic) bond motifs is 2. The van der Waals surface area contributed by atoms with Crippen molar-refractivity contribution in [2.75, 3.05) is 30.6 Å². The number of aliphatic imine (C=N–C) groups is 2. The molecular formula is C41H32Cl5FN4O4. The summed E-state index contributed by atoms with van der Waals surface area (Å²) < 4.78 is 23.8. The van der Waals surface area contributed by atoms with Gasteiger partial charge in [-0.2, -0.15) is 0 Å². The van der Waals surface area contributed by atoms with Crippen molar-refractivity contribution in [3.63, 3.8) is 0 Å². The maximum absolute atomic E-state index is 13.6. The van der Waals surface area contributed by atoms with E-state index >= 15 is 0 Å². The molecule has 55 heavy (non-hydrogen) atoms. The average molecular weight is 841 g/mol. The first-order chi connectivity index (χ1) is 26.4. The fraction of sp³-hybridized carbons (Fsp3) is 0.171. The topological polar surface area (TPSA) is 83.8 Å². The van der Waals surface area contributed by atoms with E-state index in [1.54, 1.807) is 66.5 Å². The van der Waals surface area contributed by atoms with Gasteiger partial charge in [0, 0.05) is 32.6 Å². The van der Waals surface area contributed by atoms with E-state index < -0.39 is 11.9 Å². The molecule has 2 amide bonds. The highest BCUT2D eigenvalue weighted by atomic mass is 35.5. The number of ether oxygens (including phenoxy) is 2. The molecule has 1 atom stereocenters. The highest BCUT2D eigenvalue weighted by molar-refractivity contribution is 6.71. The van der Waals surface area contributed by atoms with Gasteiger partial charge in [0.05, 0.1) is 38.7 Å². The Hall–Kier alpha value is -4.64. The minimum absolute atomic E-state index is 0.0152. The lowest BCUT2D eigenvalue weighted by atomic mass is 10.0. The Balaban J connectivity index is 0.000000197. The van der Waals surface area contributed by atoms with Gasteiger partial charge in [0.2, 0.25) is 5.91 Å². The van der Waals surface area contributed by atoms with E-state index in [1.165, 1.54) is 12.1 Å². The molecule has 0 saturated carbocycles. The van der Waals surface area contributed by atoms with Crippen LogP contribution in [0.1, 0.15) is 27.8 Å². The van der Waals surface area contributed by atoms with Crippen LogP contribution in [0.2, 0.25) is 15.1 Å². The van der Waals surface area contributed by atoms with Gasteiger partial charge in [0.25, 0.3) is 5.91 Å². The molecule has 8 nitrogen and oxygen atoms in total. The van der Waals surface area contributed by atoms with E-state index in [0.717, 1.165) is 22.6 Å². The van der Waals surface area contributed by atoms with E-state index in [1.807, 2.05) is 48.5 Å². The fourth-order valence-corrected chi connectivity index (χ4v) is 7.08. The molecular weight excluding hydrogens is 809 g/mol. The lowest BCUT2D eigenvalue weighted by Crippen LogP contribution is -2.38. The molecule has 1 unspecified atom stereocenters. The number of halogens is 6. The van der Waals surface area contributed by atoms with E-state index in [0.29, 0.717) is 56.4 Å². The summed E-state index contributed by atoms with van der Waals surface area (Å²) in [6.45, 7) is 0.739. The molecule has 5 aromatic rings. The van der Waals surface area contributed by atoms with Crippen LogP contribution in [-0.4, -0.2) is 49.0 Å². The molecule has 0 fully saturated rings. The largest absolute Gasteiger partial charge is 0.497 e. The second kappa shape index (κ2) is 17.9. The Morgan fingerprint density at radius 2 is 1.20 bits per heavy atom. The van der Waals surface area contributed by atoms with Gasteiger partial charge >= 0.3 is 0 Å². The van der Waals surface area contributed by atoms with E-state index in [9.17, 15) is 14.0 Å². The van der Waals surface area contributed by atoms with Gasteiger partial charge in [0.15, 0.2) is 0 Å². The SMILES string of the molecule is COc1ccc(CN2C(=O)C(Cc3ccc(F)cc3Cl)N=C(Cl)c3cc(Cl)ccc32)cc1.COc1ccc(CN2C(=O)CN=C(Cl)c3cc(Cl)ccc32)cc1. The summed E-state index contributed by atoms with van der Waals surface area (Å²) >= 11 is 31.2. The molecule has 0 saturated heterocycles. The molecule has 2 aliphatic heterocycles. The van der Waals surface area contributed by atoms with Crippen LogP contribution in [0.3, 0.4) is 0 Å². The average Bonchev–Trinajstić information content (AvgIpc) is 3.35. The Morgan fingerprint density at radius 3 is 1.75 bits per heavy atom. The first-order valence-electron chi connectivity index (χ1n) is 16.8. The Bertz CT molecular complexity index is 2290. The lowest BCUT2D eigenvalue weighted by molar-refractivity contribution is -0.120. The summed E-state index contributed by atoms with van der Waals surface area (Å²) in [5.41, 5.74) is 5.04. The zero-order valence-corrected chi connectivity index (χ0v) is 33.2. The Kier molecular flexibility index (Phi) is 13.0. The first kappa shape index (κ1) is 40.0. The number of rotatable bonds is 8. The standard InChI is InChI=1S/C24H18Cl3FN2O2.C17H14Cl2N2O2/c1-32-18-7-2-14(3-8-18)13-30-22-9-5-16(25)11-19(22)23(27)29-21(24(30)31)10-15-4-6-17(28)12-20(15)26;1-23-13-5-2-11(3-6-13)10-21-15-7-4-12(18)8-14(15)17(19)20-9-16(21)22/h2-9,11-12,21H,10,13H2,1H3;2-8H,9-10H2,1H3. The molecule has 2 aliphatic rings. The Labute approximate surface area is 342 Å². The summed E-state index contributed by atoms with van der Waals surface area (Å²) in [6, 6.07) is 28.7. The van der Waals surface area contributed by atoms with Gasteiger partial charge in [0.1, 0.15) is 40.2 Å². The molecule has 5 aromatic carbocycles. The summed E-state index contributed by atoms with van der Waals surface area (Å²) in [5, 5.41) is 1.74. The summed E-state index contributed by atoms with van der Waals surface area (Å²) in [7, 11) is 3.21. The van der Waals surface area contributed by atoms with E-state index in [2.05, 4.69) is 9.98 Å². The number of hydrogen-bond acceptors (Lipinski definition) is 6. The van der Waals surface area contributed by atoms with Crippen molar-refractivity contribution in [1.29, 1.82) is 0 Å². The molecule has 0 aliphatic carbocycles. The molecule has 0 radical (unpaired) electrons. The minimum Gasteiger partial charge on any atom is -0.497 e. The summed E-state index contributed by atoms with van der Waals surface area (Å²) in [5.74, 6) is 0.684. The number of carbonyl (C=O) groups is 2. The molecule has 0 aromatic heterocycles. The van der Waals surface area contributed by atoms with E-state index in [-0.39, 0.29) is 35.0 Å². The third kappa shape index (κ3) is 9.61. The van der Waals surface area contributed by atoms with Crippen molar-refractivity contribution in [2.45, 2.75) is 25.6 Å². The molecule has 0 spiro atoms. The third-order valence-corrected chi connectivity index (χ3v) is 10.3. The normalized spacial score (nSPS) is 15.1. The Morgan fingerprint density at radius 1 is 0.673 bits per heavy atom. The van der Waals surface area contributed by atoms with Crippen molar-refractivity contribution in [1.82, 2.24) is 0 Å². The van der Waals surface area contributed by atoms with Gasteiger partial charge in [-0.15, -0.1) is 0 Å². The van der Waals surface area contributed by atoms with Crippen LogP contribution in [0.4, 0.5) is 15.8 Å². The highest BCUT2D eigenvalue weighted by Gasteiger charge is 2.32. The molecule has 0 N–H and O–H groups in total. The monoisotopic (exact) mass is 838 g/mol. The number of carbonyl (C=O) groups excluding carboxylic acids is 2. The number of benzene rings is 5. The molecule has 0 bridgehead atoms. The minimum atomic E-state index is -0.838. The van der Waals surface area contributed by atoms with Crippen LogP contribution < -0.4 is 19.3 Å².